The normalized spacial score (nSPS) is 23.8. The summed E-state index contributed by atoms with van der Waals surface area (Å²) >= 11 is 1.05. The molecule has 3 heterocycles. The van der Waals surface area contributed by atoms with Gasteiger partial charge in [0.2, 0.25) is 11.8 Å². The lowest BCUT2D eigenvalue weighted by Gasteiger charge is -2.44. The Balaban J connectivity index is 1.93. The number of fused-ring (bicyclic) bond motifs is 1. The molecule has 1 aromatic rings. The van der Waals surface area contributed by atoms with Gasteiger partial charge in [-0.2, -0.15) is 0 Å². The number of carbonyl (C=O) groups excluding carboxylic acids is 1. The van der Waals surface area contributed by atoms with Crippen molar-refractivity contribution in [2.24, 2.45) is 5.92 Å². The molecule has 2 aliphatic rings. The van der Waals surface area contributed by atoms with Gasteiger partial charge in [-0.15, -0.1) is 0 Å². The van der Waals surface area contributed by atoms with Gasteiger partial charge in [0, 0.05) is 11.3 Å². The van der Waals surface area contributed by atoms with Crippen molar-refractivity contribution in [2.75, 3.05) is 12.8 Å². The van der Waals surface area contributed by atoms with Crippen molar-refractivity contribution in [2.45, 2.75) is 30.5 Å². The van der Waals surface area contributed by atoms with Crippen LogP contribution in [0.4, 0.5) is 5.82 Å². The molecule has 1 amide bonds. The molecule has 0 aliphatic carbocycles. The highest BCUT2D eigenvalue weighted by Crippen LogP contribution is 2.48. The summed E-state index contributed by atoms with van der Waals surface area (Å²) in [4.78, 5) is 33.6. The fourth-order valence-corrected chi connectivity index (χ4v) is 4.04. The van der Waals surface area contributed by atoms with Gasteiger partial charge in [-0.05, 0) is 6.92 Å². The lowest BCUT2D eigenvalue weighted by Crippen LogP contribution is -2.61. The van der Waals surface area contributed by atoms with Crippen LogP contribution < -0.4 is 10.5 Å². The van der Waals surface area contributed by atoms with Gasteiger partial charge in [0.05, 0.1) is 31.4 Å². The number of ether oxygens (including phenoxy) is 1. The Kier molecular flexibility index (Phi) is 4.10. The van der Waals surface area contributed by atoms with Gasteiger partial charge in [0.25, 0.3) is 0 Å². The first-order valence-corrected chi connectivity index (χ1v) is 7.98. The van der Waals surface area contributed by atoms with Gasteiger partial charge in [-0.3, -0.25) is 4.79 Å². The molecule has 9 nitrogen and oxygen atoms in total. The van der Waals surface area contributed by atoms with E-state index >= 15 is 0 Å². The van der Waals surface area contributed by atoms with Gasteiger partial charge in [0.15, 0.2) is 5.82 Å². The first kappa shape index (κ1) is 16.5. The van der Waals surface area contributed by atoms with E-state index in [0.29, 0.717) is 16.4 Å². The van der Waals surface area contributed by atoms with Crippen LogP contribution in [0.3, 0.4) is 0 Å². The molecular weight excluding hydrogens is 336 g/mol. The van der Waals surface area contributed by atoms with Crippen LogP contribution in [-0.2, 0) is 9.59 Å². The third-order valence-electron chi connectivity index (χ3n) is 4.06. The number of rotatable bonds is 5. The topological polar surface area (TPSA) is 139 Å². The lowest BCUT2D eigenvalue weighted by atomic mass is 9.83. The van der Waals surface area contributed by atoms with E-state index in [1.54, 1.807) is 0 Å². The highest BCUT2D eigenvalue weighted by atomic mass is 32.2. The summed E-state index contributed by atoms with van der Waals surface area (Å²) < 4.78 is 5.00. The van der Waals surface area contributed by atoms with Crippen LogP contribution in [0.2, 0.25) is 0 Å². The highest BCUT2D eigenvalue weighted by Gasteiger charge is 2.56. The summed E-state index contributed by atoms with van der Waals surface area (Å²) in [6, 6.07) is -0.356. The van der Waals surface area contributed by atoms with Crippen LogP contribution in [0.25, 0.3) is 0 Å². The number of β-lactam (4-membered cyclic amide) rings is 1. The van der Waals surface area contributed by atoms with Crippen LogP contribution in [0.15, 0.2) is 21.8 Å². The molecule has 0 unspecified atom stereocenters. The Bertz CT molecular complexity index is 751. The maximum Gasteiger partial charge on any atom is 0.353 e. The van der Waals surface area contributed by atoms with E-state index in [1.165, 1.54) is 25.1 Å². The number of thioether (sulfide) groups is 1. The molecule has 1 fully saturated rings. The molecule has 1 saturated heterocycles. The molecule has 24 heavy (non-hydrogen) atoms. The molecule has 0 saturated carbocycles. The second kappa shape index (κ2) is 5.95. The molecular formula is C14H16N4O5S. The quantitative estimate of drug-likeness (QED) is 0.628. The fraction of sp³-hybridized carbons (Fsp3) is 0.429. The maximum atomic E-state index is 12.2. The average Bonchev–Trinajstić information content (AvgIpc) is 2.83. The highest BCUT2D eigenvalue weighted by molar-refractivity contribution is 8.03. The standard InChI is InChI=1S/C14H16N4O5S/c1-5(19)9-6-3-7(10(14(21)22)18(6)13(9)20)24-12-11(15)16-4-8(17-12)23-2/h4-6,9,19H,3H2,1-2H3,(H2,15,16)(H,21,22)/t5-,6-,9-/m1/s1. The number of aliphatic carboxylic acids is 1. The predicted octanol–water partition coefficient (Wildman–Crippen LogP) is 0.0672. The van der Waals surface area contributed by atoms with Gasteiger partial charge < -0.3 is 25.6 Å². The van der Waals surface area contributed by atoms with Gasteiger partial charge in [-0.1, -0.05) is 11.8 Å². The number of nitrogens with two attached hydrogens (primary N) is 1. The molecule has 0 aromatic carbocycles. The van der Waals surface area contributed by atoms with E-state index in [9.17, 15) is 19.8 Å². The summed E-state index contributed by atoms with van der Waals surface area (Å²) in [5, 5.41) is 19.5. The molecule has 0 radical (unpaired) electrons. The summed E-state index contributed by atoms with van der Waals surface area (Å²) in [6.07, 6.45) is 0.854. The molecule has 3 rings (SSSR count). The number of aliphatic hydroxyl groups excluding tert-OH is 1. The first-order valence-electron chi connectivity index (χ1n) is 7.17. The zero-order chi connectivity index (χ0) is 17.6. The van der Waals surface area contributed by atoms with Gasteiger partial charge >= 0.3 is 5.97 Å². The minimum absolute atomic E-state index is 0.0871. The number of anilines is 1. The molecule has 10 heteroatoms. The zero-order valence-electron chi connectivity index (χ0n) is 13.0. The number of carbonyl (C=O) groups is 2. The number of amides is 1. The molecule has 1 aromatic heterocycles. The minimum atomic E-state index is -1.20. The molecule has 4 N–H and O–H groups in total. The number of hydrogen-bond acceptors (Lipinski definition) is 8. The number of aliphatic hydroxyl groups is 1. The van der Waals surface area contributed by atoms with Crippen molar-refractivity contribution >= 4 is 29.5 Å². The monoisotopic (exact) mass is 352 g/mol. The Labute approximate surface area is 141 Å². The van der Waals surface area contributed by atoms with Crippen molar-refractivity contribution < 1.29 is 24.5 Å². The third-order valence-corrected chi connectivity index (χ3v) is 5.16. The number of nitrogen functional groups attached to an aromatic ring is 1. The van der Waals surface area contributed by atoms with E-state index in [-0.39, 0.29) is 29.3 Å². The molecule has 2 aliphatic heterocycles. The maximum absolute atomic E-state index is 12.2. The fourth-order valence-electron chi connectivity index (χ4n) is 2.98. The zero-order valence-corrected chi connectivity index (χ0v) is 13.8. The van der Waals surface area contributed by atoms with Crippen LogP contribution in [0.1, 0.15) is 13.3 Å². The minimum Gasteiger partial charge on any atom is -0.480 e. The summed E-state index contributed by atoms with van der Waals surface area (Å²) in [5.74, 6) is -1.78. The van der Waals surface area contributed by atoms with Crippen molar-refractivity contribution in [3.8, 4) is 5.88 Å². The van der Waals surface area contributed by atoms with E-state index < -0.39 is 18.0 Å². The number of nitrogens with zero attached hydrogens (tertiary/aromatic N) is 3. The van der Waals surface area contributed by atoms with Crippen molar-refractivity contribution in [3.05, 3.63) is 16.8 Å². The van der Waals surface area contributed by atoms with E-state index in [4.69, 9.17) is 10.5 Å². The molecule has 0 spiro atoms. The second-order valence-electron chi connectivity index (χ2n) is 5.53. The predicted molar refractivity (Wildman–Crippen MR) is 83.9 cm³/mol. The first-order chi connectivity index (χ1) is 11.3. The smallest absolute Gasteiger partial charge is 0.353 e. The number of aromatic nitrogens is 2. The summed E-state index contributed by atoms with van der Waals surface area (Å²) in [6.45, 7) is 1.52. The van der Waals surface area contributed by atoms with Gasteiger partial charge in [0.1, 0.15) is 10.7 Å². The number of methoxy groups -OCH3 is 1. The van der Waals surface area contributed by atoms with Crippen LogP contribution in [0.5, 0.6) is 5.88 Å². The van der Waals surface area contributed by atoms with Gasteiger partial charge in [-0.25, -0.2) is 14.8 Å². The molecule has 0 bridgehead atoms. The van der Waals surface area contributed by atoms with Crippen molar-refractivity contribution in [3.63, 3.8) is 0 Å². The number of carboxylic acids is 1. The molecule has 128 valence electrons. The van der Waals surface area contributed by atoms with Crippen LogP contribution in [0, 0.1) is 5.92 Å². The largest absolute Gasteiger partial charge is 0.480 e. The van der Waals surface area contributed by atoms with Crippen LogP contribution in [-0.4, -0.2) is 56.2 Å². The Hall–Kier alpha value is -2.33. The Morgan fingerprint density at radius 1 is 1.58 bits per heavy atom. The second-order valence-corrected chi connectivity index (χ2v) is 6.61. The average molecular weight is 352 g/mol. The number of carboxylic acid groups (broad SMARTS) is 1. The van der Waals surface area contributed by atoms with Crippen molar-refractivity contribution in [1.29, 1.82) is 0 Å². The van der Waals surface area contributed by atoms with Crippen molar-refractivity contribution in [1.82, 2.24) is 14.9 Å². The summed E-state index contributed by atoms with van der Waals surface area (Å²) in [5.41, 5.74) is 5.70. The van der Waals surface area contributed by atoms with E-state index in [2.05, 4.69) is 9.97 Å². The van der Waals surface area contributed by atoms with E-state index in [1.807, 2.05) is 0 Å². The van der Waals surface area contributed by atoms with Crippen LogP contribution >= 0.6 is 11.8 Å². The lowest BCUT2D eigenvalue weighted by molar-refractivity contribution is -0.161. The Morgan fingerprint density at radius 2 is 2.29 bits per heavy atom. The molecule has 3 atom stereocenters. The summed E-state index contributed by atoms with van der Waals surface area (Å²) in [7, 11) is 1.43. The number of hydrogen-bond donors (Lipinski definition) is 3. The Morgan fingerprint density at radius 3 is 2.88 bits per heavy atom. The SMILES string of the molecule is COc1cnc(N)c(SC2=C(C(=O)O)N3C(=O)[C@H]([C@@H](C)O)[C@H]3C2)n1. The van der Waals surface area contributed by atoms with E-state index in [0.717, 1.165) is 11.8 Å². The third kappa shape index (κ3) is 2.47.